The minimum absolute atomic E-state index is 0.0188. The van der Waals surface area contributed by atoms with Crippen molar-refractivity contribution >= 4 is 22.8 Å². The van der Waals surface area contributed by atoms with Crippen LogP contribution >= 0.6 is 0 Å². The Morgan fingerprint density at radius 2 is 1.83 bits per heavy atom. The van der Waals surface area contributed by atoms with Gasteiger partial charge < -0.3 is 20.1 Å². The van der Waals surface area contributed by atoms with Crippen LogP contribution in [0, 0.1) is 17.8 Å². The van der Waals surface area contributed by atoms with Gasteiger partial charge in [0.25, 0.3) is 0 Å². The lowest BCUT2D eigenvalue weighted by Gasteiger charge is -2.40. The van der Waals surface area contributed by atoms with Crippen molar-refractivity contribution in [2.45, 2.75) is 84.7 Å². The summed E-state index contributed by atoms with van der Waals surface area (Å²) in [5.74, 6) is 1.40. The highest BCUT2D eigenvalue weighted by Crippen LogP contribution is 2.40. The molecule has 1 fully saturated rings. The first-order chi connectivity index (χ1) is 16.5. The number of carbonyl (C=O) groups is 2. The van der Waals surface area contributed by atoms with Gasteiger partial charge in [0.1, 0.15) is 0 Å². The van der Waals surface area contributed by atoms with Crippen molar-refractivity contribution in [3.05, 3.63) is 35.5 Å². The second-order valence-corrected chi connectivity index (χ2v) is 12.3. The number of hydrogen-bond acceptors (Lipinski definition) is 2. The number of fused-ring (bicyclic) bond motifs is 3. The Kier molecular flexibility index (Phi) is 7.48. The van der Waals surface area contributed by atoms with E-state index in [-0.39, 0.29) is 23.5 Å². The van der Waals surface area contributed by atoms with Crippen molar-refractivity contribution in [1.29, 1.82) is 0 Å². The molecule has 3 amide bonds. The van der Waals surface area contributed by atoms with Crippen LogP contribution in [0.4, 0.5) is 4.79 Å². The fourth-order valence-corrected chi connectivity index (χ4v) is 5.99. The van der Waals surface area contributed by atoms with E-state index in [0.29, 0.717) is 17.7 Å². The minimum atomic E-state index is -0.235. The van der Waals surface area contributed by atoms with Crippen molar-refractivity contribution in [3.63, 3.8) is 0 Å². The standard InChI is InChI=1S/C29H44N4O2/c1-19(2)17-25-26-23(22-9-7-8-10-24(22)30-26)15-16-33(25)27(34)21-13-11-20(12-14-21)18-32(6)28(35)31-29(3,4)5/h7-10,19-21,25,30H,11-18H2,1-6H3,(H,31,35)/t20-,21-,25?. The van der Waals surface area contributed by atoms with E-state index < -0.39 is 0 Å². The van der Waals surface area contributed by atoms with Crippen LogP contribution in [0.25, 0.3) is 10.9 Å². The molecule has 1 aliphatic carbocycles. The average molecular weight is 481 g/mol. The van der Waals surface area contributed by atoms with E-state index in [4.69, 9.17) is 0 Å². The Balaban J connectivity index is 1.40. The zero-order valence-corrected chi connectivity index (χ0v) is 22.5. The van der Waals surface area contributed by atoms with E-state index in [0.717, 1.165) is 51.6 Å². The van der Waals surface area contributed by atoms with Gasteiger partial charge in [-0.3, -0.25) is 4.79 Å². The average Bonchev–Trinajstić information content (AvgIpc) is 3.17. The van der Waals surface area contributed by atoms with E-state index in [1.807, 2.05) is 27.8 Å². The monoisotopic (exact) mass is 480 g/mol. The molecule has 2 heterocycles. The molecule has 6 nitrogen and oxygen atoms in total. The summed E-state index contributed by atoms with van der Waals surface area (Å²) >= 11 is 0. The van der Waals surface area contributed by atoms with Gasteiger partial charge in [-0.05, 0) is 82.8 Å². The van der Waals surface area contributed by atoms with Crippen molar-refractivity contribution in [2.24, 2.45) is 17.8 Å². The molecule has 1 aliphatic heterocycles. The third-order valence-electron chi connectivity index (χ3n) is 7.69. The van der Waals surface area contributed by atoms with Gasteiger partial charge in [-0.15, -0.1) is 0 Å². The summed E-state index contributed by atoms with van der Waals surface area (Å²) in [7, 11) is 1.88. The predicted octanol–water partition coefficient (Wildman–Crippen LogP) is 5.89. The number of H-pyrrole nitrogens is 1. The highest BCUT2D eigenvalue weighted by molar-refractivity contribution is 5.86. The van der Waals surface area contributed by atoms with E-state index in [2.05, 4.69) is 53.3 Å². The van der Waals surface area contributed by atoms with Crippen LogP contribution < -0.4 is 5.32 Å². The Morgan fingerprint density at radius 1 is 1.14 bits per heavy atom. The van der Waals surface area contributed by atoms with Gasteiger partial charge in [0, 0.05) is 48.2 Å². The molecule has 1 saturated carbocycles. The molecule has 1 aromatic heterocycles. The molecule has 2 N–H and O–H groups in total. The van der Waals surface area contributed by atoms with E-state index >= 15 is 0 Å². The summed E-state index contributed by atoms with van der Waals surface area (Å²) in [5, 5.41) is 4.35. The largest absolute Gasteiger partial charge is 0.356 e. The van der Waals surface area contributed by atoms with Crippen LogP contribution in [0.1, 0.15) is 84.0 Å². The van der Waals surface area contributed by atoms with Gasteiger partial charge in [0.05, 0.1) is 6.04 Å². The van der Waals surface area contributed by atoms with E-state index in [1.54, 1.807) is 4.90 Å². The first-order valence-corrected chi connectivity index (χ1v) is 13.5. The van der Waals surface area contributed by atoms with E-state index in [1.165, 1.54) is 22.2 Å². The first kappa shape index (κ1) is 25.6. The van der Waals surface area contributed by atoms with Crippen LogP contribution in [0.5, 0.6) is 0 Å². The number of benzene rings is 1. The summed E-state index contributed by atoms with van der Waals surface area (Å²) in [6, 6.07) is 8.64. The number of rotatable bonds is 5. The van der Waals surface area contributed by atoms with Crippen LogP contribution in [0.3, 0.4) is 0 Å². The summed E-state index contributed by atoms with van der Waals surface area (Å²) in [6.07, 6.45) is 5.75. The molecule has 1 unspecified atom stereocenters. The van der Waals surface area contributed by atoms with Crippen LogP contribution in [0.2, 0.25) is 0 Å². The molecule has 192 valence electrons. The van der Waals surface area contributed by atoms with Crippen LogP contribution in [-0.4, -0.2) is 52.4 Å². The fraction of sp³-hybridized carbons (Fsp3) is 0.655. The van der Waals surface area contributed by atoms with Crippen molar-refractivity contribution in [3.8, 4) is 0 Å². The quantitative estimate of drug-likeness (QED) is 0.561. The summed E-state index contributed by atoms with van der Waals surface area (Å²) < 4.78 is 0. The molecule has 1 aromatic carbocycles. The summed E-state index contributed by atoms with van der Waals surface area (Å²) in [6.45, 7) is 12.1. The Morgan fingerprint density at radius 3 is 2.49 bits per heavy atom. The molecule has 0 bridgehead atoms. The normalized spacial score (nSPS) is 22.8. The minimum Gasteiger partial charge on any atom is -0.356 e. The smallest absolute Gasteiger partial charge is 0.317 e. The lowest BCUT2D eigenvalue weighted by molar-refractivity contribution is -0.140. The van der Waals surface area contributed by atoms with Gasteiger partial charge in [0.15, 0.2) is 0 Å². The number of para-hydroxylation sites is 1. The van der Waals surface area contributed by atoms with Gasteiger partial charge in [-0.2, -0.15) is 0 Å². The van der Waals surface area contributed by atoms with Gasteiger partial charge in [0.2, 0.25) is 5.91 Å². The molecular weight excluding hydrogens is 436 g/mol. The van der Waals surface area contributed by atoms with E-state index in [9.17, 15) is 9.59 Å². The van der Waals surface area contributed by atoms with Crippen molar-refractivity contribution in [1.82, 2.24) is 20.1 Å². The summed E-state index contributed by atoms with van der Waals surface area (Å²) in [5.41, 5.74) is 3.59. The highest BCUT2D eigenvalue weighted by atomic mass is 16.2. The number of nitrogens with one attached hydrogen (secondary N) is 2. The number of carbonyl (C=O) groups excluding carboxylic acids is 2. The molecule has 2 aromatic rings. The van der Waals surface area contributed by atoms with Crippen LogP contribution in [-0.2, 0) is 11.2 Å². The van der Waals surface area contributed by atoms with Gasteiger partial charge in [-0.1, -0.05) is 32.0 Å². The zero-order valence-electron chi connectivity index (χ0n) is 22.5. The second kappa shape index (κ2) is 10.2. The fourth-order valence-electron chi connectivity index (χ4n) is 5.99. The molecule has 0 saturated heterocycles. The van der Waals surface area contributed by atoms with Crippen molar-refractivity contribution in [2.75, 3.05) is 20.1 Å². The SMILES string of the molecule is CC(C)CC1c2[nH]c3ccccc3c2CCN1C(=O)[C@H]1CC[C@H](CN(C)C(=O)NC(C)(C)C)CC1. The van der Waals surface area contributed by atoms with Crippen LogP contribution in [0.15, 0.2) is 24.3 Å². The number of nitrogens with zero attached hydrogens (tertiary/aromatic N) is 2. The molecule has 1 atom stereocenters. The summed E-state index contributed by atoms with van der Waals surface area (Å²) in [4.78, 5) is 33.9. The highest BCUT2D eigenvalue weighted by Gasteiger charge is 2.38. The Bertz CT molecular complexity index is 1040. The number of aromatic nitrogens is 1. The maximum absolute atomic E-state index is 13.8. The third kappa shape index (κ3) is 5.84. The molecule has 4 rings (SSSR count). The predicted molar refractivity (Wildman–Crippen MR) is 142 cm³/mol. The first-order valence-electron chi connectivity index (χ1n) is 13.5. The van der Waals surface area contributed by atoms with Gasteiger partial charge in [-0.25, -0.2) is 4.79 Å². The number of hydrogen-bond donors (Lipinski definition) is 2. The Labute approximate surface area is 210 Å². The molecule has 6 heteroatoms. The number of aromatic amines is 1. The Hall–Kier alpha value is -2.50. The molecule has 2 aliphatic rings. The maximum atomic E-state index is 13.8. The number of amides is 3. The topological polar surface area (TPSA) is 68.4 Å². The third-order valence-corrected chi connectivity index (χ3v) is 7.69. The van der Waals surface area contributed by atoms with Gasteiger partial charge >= 0.3 is 6.03 Å². The maximum Gasteiger partial charge on any atom is 0.317 e. The second-order valence-electron chi connectivity index (χ2n) is 12.3. The lowest BCUT2D eigenvalue weighted by atomic mass is 9.80. The lowest BCUT2D eigenvalue weighted by Crippen LogP contribution is -2.48. The zero-order chi connectivity index (χ0) is 25.3. The molecule has 35 heavy (non-hydrogen) atoms. The molecule has 0 spiro atoms. The molecular formula is C29H44N4O2. The number of urea groups is 1. The molecule has 0 radical (unpaired) electrons. The van der Waals surface area contributed by atoms with Crippen molar-refractivity contribution < 1.29 is 9.59 Å².